The molecule has 0 radical (unpaired) electrons. The van der Waals surface area contributed by atoms with Crippen molar-refractivity contribution in [1.82, 2.24) is 4.98 Å². The average molecular weight is 270 g/mol. The fraction of sp³-hybridized carbons (Fsp3) is 0.0833. The Bertz CT molecular complexity index is 541. The average Bonchev–Trinajstić information content (AvgIpc) is 2.31. The molecule has 1 heterocycles. The lowest BCUT2D eigenvalue weighted by Gasteiger charge is -2.11. The summed E-state index contributed by atoms with van der Waals surface area (Å²) in [4.78, 5) is 4.45. The number of halogens is 3. The van der Waals surface area contributed by atoms with E-state index < -0.39 is 11.7 Å². The number of benzene rings is 1. The highest BCUT2D eigenvalue weighted by molar-refractivity contribution is 7.99. The first kappa shape index (κ1) is 12.8. The van der Waals surface area contributed by atoms with Crippen LogP contribution in [0.15, 0.2) is 52.5 Å². The van der Waals surface area contributed by atoms with Crippen molar-refractivity contribution in [2.75, 3.05) is 5.73 Å². The molecule has 0 saturated heterocycles. The molecule has 1 aromatic carbocycles. The number of rotatable bonds is 2. The SMILES string of the molecule is Nc1cnc(Sc2ccccc2)c(C(F)(F)F)c1. The molecule has 0 aliphatic carbocycles. The lowest BCUT2D eigenvalue weighted by Crippen LogP contribution is -2.09. The summed E-state index contributed by atoms with van der Waals surface area (Å²) in [5.41, 5.74) is 4.54. The van der Waals surface area contributed by atoms with Gasteiger partial charge in [-0.15, -0.1) is 0 Å². The minimum Gasteiger partial charge on any atom is -0.397 e. The zero-order chi connectivity index (χ0) is 13.2. The molecule has 0 aliphatic rings. The van der Waals surface area contributed by atoms with Gasteiger partial charge in [0.05, 0.1) is 17.4 Å². The molecule has 6 heteroatoms. The second kappa shape index (κ2) is 4.89. The summed E-state index contributed by atoms with van der Waals surface area (Å²) in [7, 11) is 0. The van der Waals surface area contributed by atoms with E-state index >= 15 is 0 Å². The van der Waals surface area contributed by atoms with Gasteiger partial charge in [0.25, 0.3) is 0 Å². The van der Waals surface area contributed by atoms with Crippen LogP contribution in [0, 0.1) is 0 Å². The number of nitrogen functional groups attached to an aromatic ring is 1. The van der Waals surface area contributed by atoms with E-state index in [9.17, 15) is 13.2 Å². The molecule has 2 N–H and O–H groups in total. The summed E-state index contributed by atoms with van der Waals surface area (Å²) in [6.45, 7) is 0. The van der Waals surface area contributed by atoms with Crippen LogP contribution in [0.4, 0.5) is 18.9 Å². The first-order chi connectivity index (χ1) is 8.47. The molecule has 0 unspecified atom stereocenters. The van der Waals surface area contributed by atoms with Crippen molar-refractivity contribution in [2.45, 2.75) is 16.1 Å². The molecule has 1 aromatic heterocycles. The number of pyridine rings is 1. The third kappa shape index (κ3) is 2.95. The van der Waals surface area contributed by atoms with Gasteiger partial charge in [-0.3, -0.25) is 0 Å². The maximum Gasteiger partial charge on any atom is 0.419 e. The van der Waals surface area contributed by atoms with Crippen LogP contribution in [0.1, 0.15) is 5.56 Å². The predicted molar refractivity (Wildman–Crippen MR) is 64.2 cm³/mol. The number of anilines is 1. The Labute approximate surface area is 106 Å². The number of hydrogen-bond acceptors (Lipinski definition) is 3. The van der Waals surface area contributed by atoms with Crippen molar-refractivity contribution < 1.29 is 13.2 Å². The fourth-order valence-corrected chi connectivity index (χ4v) is 2.26. The molecule has 0 aliphatic heterocycles. The fourth-order valence-electron chi connectivity index (χ4n) is 1.35. The zero-order valence-corrected chi connectivity index (χ0v) is 9.92. The number of nitrogens with two attached hydrogens (primary N) is 1. The molecule has 2 rings (SSSR count). The van der Waals surface area contributed by atoms with Gasteiger partial charge in [-0.2, -0.15) is 13.2 Å². The van der Waals surface area contributed by atoms with Gasteiger partial charge in [0.2, 0.25) is 0 Å². The molecule has 18 heavy (non-hydrogen) atoms. The van der Waals surface area contributed by atoms with Gasteiger partial charge in [0, 0.05) is 4.90 Å². The summed E-state index contributed by atoms with van der Waals surface area (Å²) < 4.78 is 38.5. The van der Waals surface area contributed by atoms with Gasteiger partial charge < -0.3 is 5.73 Å². The molecule has 0 bridgehead atoms. The predicted octanol–water partition coefficient (Wildman–Crippen LogP) is 3.83. The highest BCUT2D eigenvalue weighted by Gasteiger charge is 2.34. The van der Waals surface area contributed by atoms with Crippen LogP contribution in [0.25, 0.3) is 0 Å². The second-order valence-corrected chi connectivity index (χ2v) is 4.60. The molecular weight excluding hydrogens is 261 g/mol. The van der Waals surface area contributed by atoms with E-state index in [2.05, 4.69) is 4.98 Å². The molecule has 94 valence electrons. The standard InChI is InChI=1S/C12H9F3N2S/c13-12(14,15)10-6-8(16)7-17-11(10)18-9-4-2-1-3-5-9/h1-7H,16H2. The lowest BCUT2D eigenvalue weighted by molar-refractivity contribution is -0.140. The van der Waals surface area contributed by atoms with Crippen LogP contribution in [0.5, 0.6) is 0 Å². The van der Waals surface area contributed by atoms with Gasteiger partial charge in [0.1, 0.15) is 5.03 Å². The normalized spacial score (nSPS) is 11.5. The first-order valence-corrected chi connectivity index (χ1v) is 5.84. The molecular formula is C12H9F3N2S. The maximum absolute atomic E-state index is 12.8. The quantitative estimate of drug-likeness (QED) is 0.901. The largest absolute Gasteiger partial charge is 0.419 e. The zero-order valence-electron chi connectivity index (χ0n) is 9.11. The van der Waals surface area contributed by atoms with Crippen LogP contribution < -0.4 is 5.73 Å². The molecule has 0 fully saturated rings. The summed E-state index contributed by atoms with van der Waals surface area (Å²) in [6.07, 6.45) is -3.24. The van der Waals surface area contributed by atoms with E-state index in [0.29, 0.717) is 4.90 Å². The Hall–Kier alpha value is -1.69. The van der Waals surface area contributed by atoms with E-state index in [1.807, 2.05) is 0 Å². The van der Waals surface area contributed by atoms with Gasteiger partial charge in [0.15, 0.2) is 0 Å². The lowest BCUT2D eigenvalue weighted by atomic mass is 10.2. The third-order valence-corrected chi connectivity index (χ3v) is 3.16. The molecule has 2 nitrogen and oxygen atoms in total. The summed E-state index contributed by atoms with van der Waals surface area (Å²) in [5, 5.41) is -0.0945. The maximum atomic E-state index is 12.8. The Kier molecular flexibility index (Phi) is 3.47. The Balaban J connectivity index is 2.39. The monoisotopic (exact) mass is 270 g/mol. The number of hydrogen-bond donors (Lipinski definition) is 1. The topological polar surface area (TPSA) is 38.9 Å². The highest BCUT2D eigenvalue weighted by atomic mass is 32.2. The second-order valence-electron chi connectivity index (χ2n) is 3.53. The van der Waals surface area contributed by atoms with Crippen LogP contribution in [0.2, 0.25) is 0 Å². The highest BCUT2D eigenvalue weighted by Crippen LogP contribution is 2.38. The van der Waals surface area contributed by atoms with Crippen LogP contribution in [0.3, 0.4) is 0 Å². The number of aromatic nitrogens is 1. The number of nitrogens with zero attached hydrogens (tertiary/aromatic N) is 1. The van der Waals surface area contributed by atoms with Crippen molar-refractivity contribution in [2.24, 2.45) is 0 Å². The smallest absolute Gasteiger partial charge is 0.397 e. The van der Waals surface area contributed by atoms with Crippen molar-refractivity contribution in [1.29, 1.82) is 0 Å². The van der Waals surface area contributed by atoms with E-state index in [-0.39, 0.29) is 10.7 Å². The minimum absolute atomic E-state index is 0.000244. The Morgan fingerprint density at radius 3 is 2.39 bits per heavy atom. The van der Waals surface area contributed by atoms with Crippen LogP contribution >= 0.6 is 11.8 Å². The van der Waals surface area contributed by atoms with Crippen molar-refractivity contribution in [3.63, 3.8) is 0 Å². The summed E-state index contributed by atoms with van der Waals surface area (Å²) in [6, 6.07) is 9.66. The van der Waals surface area contributed by atoms with E-state index in [1.165, 1.54) is 6.20 Å². The van der Waals surface area contributed by atoms with Crippen molar-refractivity contribution in [3.8, 4) is 0 Å². The molecule has 0 amide bonds. The third-order valence-electron chi connectivity index (χ3n) is 2.14. The van der Waals surface area contributed by atoms with Gasteiger partial charge in [-0.1, -0.05) is 30.0 Å². The van der Waals surface area contributed by atoms with Crippen molar-refractivity contribution in [3.05, 3.63) is 48.2 Å². The van der Waals surface area contributed by atoms with Gasteiger partial charge in [-0.05, 0) is 18.2 Å². The van der Waals surface area contributed by atoms with Crippen LogP contribution in [-0.2, 0) is 6.18 Å². The number of alkyl halides is 3. The Morgan fingerprint density at radius 2 is 1.78 bits per heavy atom. The molecule has 2 aromatic rings. The van der Waals surface area contributed by atoms with E-state index in [4.69, 9.17) is 5.73 Å². The Morgan fingerprint density at radius 1 is 1.11 bits per heavy atom. The first-order valence-electron chi connectivity index (χ1n) is 5.02. The van der Waals surface area contributed by atoms with Gasteiger partial charge >= 0.3 is 6.18 Å². The van der Waals surface area contributed by atoms with E-state index in [1.54, 1.807) is 30.3 Å². The molecule has 0 atom stereocenters. The molecule has 0 spiro atoms. The summed E-state index contributed by atoms with van der Waals surface area (Å²) >= 11 is 0.963. The summed E-state index contributed by atoms with van der Waals surface area (Å²) in [5.74, 6) is 0. The van der Waals surface area contributed by atoms with Crippen LogP contribution in [-0.4, -0.2) is 4.98 Å². The minimum atomic E-state index is -4.46. The molecule has 0 saturated carbocycles. The van der Waals surface area contributed by atoms with E-state index in [0.717, 1.165) is 17.8 Å². The van der Waals surface area contributed by atoms with Gasteiger partial charge in [-0.25, -0.2) is 4.98 Å². The van der Waals surface area contributed by atoms with Crippen molar-refractivity contribution >= 4 is 17.4 Å².